The zero-order chi connectivity index (χ0) is 9.84. The molecule has 0 radical (unpaired) electrons. The summed E-state index contributed by atoms with van der Waals surface area (Å²) >= 11 is 0. The van der Waals surface area contributed by atoms with E-state index in [1.165, 1.54) is 0 Å². The highest BCUT2D eigenvalue weighted by molar-refractivity contribution is 5.58. The third kappa shape index (κ3) is 2.35. The Kier molecular flexibility index (Phi) is 3.13. The summed E-state index contributed by atoms with van der Waals surface area (Å²) in [6.45, 7) is 9.86. The molecule has 0 saturated carbocycles. The molecule has 0 aliphatic rings. The number of rotatable bonds is 3. The topological polar surface area (TPSA) is 9.23 Å². The van der Waals surface area contributed by atoms with Crippen LogP contribution >= 0.6 is 0 Å². The minimum Gasteiger partial charge on any atom is -0.490 e. The predicted molar refractivity (Wildman–Crippen MR) is 57.0 cm³/mol. The first-order valence-electron chi connectivity index (χ1n) is 4.54. The average Bonchev–Trinajstić information content (AvgIpc) is 2.08. The number of hydrogen-bond donors (Lipinski definition) is 0. The Morgan fingerprint density at radius 3 is 2.62 bits per heavy atom. The van der Waals surface area contributed by atoms with Gasteiger partial charge in [-0.2, -0.15) is 0 Å². The molecule has 0 aliphatic heterocycles. The van der Waals surface area contributed by atoms with Crippen molar-refractivity contribution in [3.8, 4) is 5.75 Å². The molecule has 1 heteroatoms. The third-order valence-corrected chi connectivity index (χ3v) is 1.82. The highest BCUT2D eigenvalue weighted by Crippen LogP contribution is 2.25. The van der Waals surface area contributed by atoms with E-state index < -0.39 is 0 Å². The van der Waals surface area contributed by atoms with Crippen LogP contribution in [0.15, 0.2) is 24.8 Å². The summed E-state index contributed by atoms with van der Waals surface area (Å²) in [7, 11) is 0. The maximum atomic E-state index is 5.70. The van der Waals surface area contributed by atoms with Gasteiger partial charge in [0.1, 0.15) is 5.75 Å². The number of ether oxygens (including phenoxy) is 1. The summed E-state index contributed by atoms with van der Waals surface area (Å²) < 4.78 is 5.70. The minimum absolute atomic E-state index is 0.208. The third-order valence-electron chi connectivity index (χ3n) is 1.82. The Hall–Kier alpha value is -1.24. The van der Waals surface area contributed by atoms with Crippen LogP contribution in [0.5, 0.6) is 5.75 Å². The second kappa shape index (κ2) is 4.13. The van der Waals surface area contributed by atoms with Crippen LogP contribution in [-0.4, -0.2) is 6.10 Å². The van der Waals surface area contributed by atoms with Crippen molar-refractivity contribution in [1.82, 2.24) is 0 Å². The van der Waals surface area contributed by atoms with Crippen LogP contribution in [0.2, 0.25) is 0 Å². The molecule has 0 N–H and O–H groups in total. The summed E-state index contributed by atoms with van der Waals surface area (Å²) in [5, 5.41) is 0. The molecule has 0 spiro atoms. The molecular formula is C12H16O. The van der Waals surface area contributed by atoms with Gasteiger partial charge in [-0.25, -0.2) is 0 Å². The molecule has 0 heterocycles. The quantitative estimate of drug-likeness (QED) is 0.685. The molecule has 1 aromatic carbocycles. The zero-order valence-corrected chi connectivity index (χ0v) is 8.50. The van der Waals surface area contributed by atoms with Crippen LogP contribution in [0.1, 0.15) is 25.0 Å². The van der Waals surface area contributed by atoms with E-state index in [4.69, 9.17) is 4.74 Å². The number of para-hydroxylation sites is 1. The molecule has 1 nitrogen and oxygen atoms in total. The maximum absolute atomic E-state index is 5.70. The molecule has 13 heavy (non-hydrogen) atoms. The molecule has 0 atom stereocenters. The van der Waals surface area contributed by atoms with Crippen molar-refractivity contribution in [3.63, 3.8) is 0 Å². The van der Waals surface area contributed by atoms with Gasteiger partial charge in [-0.1, -0.05) is 30.9 Å². The first-order valence-corrected chi connectivity index (χ1v) is 4.54. The van der Waals surface area contributed by atoms with E-state index >= 15 is 0 Å². The van der Waals surface area contributed by atoms with E-state index in [1.54, 1.807) is 0 Å². The fourth-order valence-corrected chi connectivity index (χ4v) is 1.23. The normalized spacial score (nSPS) is 10.2. The molecule has 1 aromatic rings. The highest BCUT2D eigenvalue weighted by atomic mass is 16.5. The van der Waals surface area contributed by atoms with Crippen molar-refractivity contribution in [2.24, 2.45) is 0 Å². The zero-order valence-electron chi connectivity index (χ0n) is 8.50. The Morgan fingerprint density at radius 1 is 1.38 bits per heavy atom. The molecule has 0 fully saturated rings. The van der Waals surface area contributed by atoms with Crippen LogP contribution < -0.4 is 4.74 Å². The molecule has 70 valence electrons. The Bertz CT molecular complexity index is 300. The highest BCUT2D eigenvalue weighted by Gasteiger charge is 2.05. The van der Waals surface area contributed by atoms with Gasteiger partial charge < -0.3 is 4.74 Å². The van der Waals surface area contributed by atoms with Gasteiger partial charge in [0.25, 0.3) is 0 Å². The summed E-state index contributed by atoms with van der Waals surface area (Å²) in [5.74, 6) is 0.951. The molecule has 0 aliphatic carbocycles. The maximum Gasteiger partial charge on any atom is 0.129 e. The second-order valence-corrected chi connectivity index (χ2v) is 3.36. The van der Waals surface area contributed by atoms with Gasteiger partial charge in [0.2, 0.25) is 0 Å². The van der Waals surface area contributed by atoms with Crippen molar-refractivity contribution >= 4 is 6.08 Å². The lowest BCUT2D eigenvalue weighted by Gasteiger charge is -2.14. The van der Waals surface area contributed by atoms with Crippen molar-refractivity contribution in [2.45, 2.75) is 26.9 Å². The monoisotopic (exact) mass is 176 g/mol. The molecule has 0 amide bonds. The van der Waals surface area contributed by atoms with E-state index in [2.05, 4.69) is 6.58 Å². The Morgan fingerprint density at radius 2 is 2.08 bits per heavy atom. The van der Waals surface area contributed by atoms with E-state index in [0.717, 1.165) is 16.9 Å². The Balaban J connectivity index is 3.07. The lowest BCUT2D eigenvalue weighted by atomic mass is 10.1. The van der Waals surface area contributed by atoms with Crippen LogP contribution in [0, 0.1) is 6.92 Å². The first-order chi connectivity index (χ1) is 6.15. The molecule has 0 bridgehead atoms. The van der Waals surface area contributed by atoms with Crippen molar-refractivity contribution in [1.29, 1.82) is 0 Å². The number of hydrogen-bond acceptors (Lipinski definition) is 1. The minimum atomic E-state index is 0.208. The van der Waals surface area contributed by atoms with Gasteiger partial charge in [-0.3, -0.25) is 0 Å². The molecule has 1 rings (SSSR count). The van der Waals surface area contributed by atoms with Gasteiger partial charge in [0.05, 0.1) is 6.10 Å². The van der Waals surface area contributed by atoms with Crippen LogP contribution in [0.25, 0.3) is 6.08 Å². The smallest absolute Gasteiger partial charge is 0.129 e. The number of aryl methyl sites for hydroxylation is 1. The van der Waals surface area contributed by atoms with Crippen molar-refractivity contribution < 1.29 is 4.74 Å². The van der Waals surface area contributed by atoms with Crippen LogP contribution in [0.4, 0.5) is 0 Å². The number of benzene rings is 1. The van der Waals surface area contributed by atoms with E-state index in [-0.39, 0.29) is 6.10 Å². The molecular weight excluding hydrogens is 160 g/mol. The van der Waals surface area contributed by atoms with Crippen molar-refractivity contribution in [3.05, 3.63) is 35.9 Å². The average molecular weight is 176 g/mol. The lowest BCUT2D eigenvalue weighted by molar-refractivity contribution is 0.240. The van der Waals surface area contributed by atoms with Crippen LogP contribution in [-0.2, 0) is 0 Å². The first kappa shape index (κ1) is 9.85. The van der Waals surface area contributed by atoms with Gasteiger partial charge >= 0.3 is 0 Å². The van der Waals surface area contributed by atoms with Gasteiger partial charge in [0, 0.05) is 5.56 Å². The predicted octanol–water partition coefficient (Wildman–Crippen LogP) is 3.43. The molecule has 0 unspecified atom stereocenters. The van der Waals surface area contributed by atoms with Crippen LogP contribution in [0.3, 0.4) is 0 Å². The summed E-state index contributed by atoms with van der Waals surface area (Å²) in [5.41, 5.74) is 2.22. The van der Waals surface area contributed by atoms with E-state index in [9.17, 15) is 0 Å². The Labute approximate surface area is 80.0 Å². The summed E-state index contributed by atoms with van der Waals surface area (Å²) in [6.07, 6.45) is 2.03. The van der Waals surface area contributed by atoms with Gasteiger partial charge in [0.15, 0.2) is 0 Å². The SMILES string of the molecule is C=Cc1cccc(C)c1OC(C)C. The van der Waals surface area contributed by atoms with E-state index in [1.807, 2.05) is 45.0 Å². The standard InChI is InChI=1S/C12H16O/c1-5-11-8-6-7-10(4)12(11)13-9(2)3/h5-9H,1H2,2-4H3. The molecule has 0 aromatic heterocycles. The largest absolute Gasteiger partial charge is 0.490 e. The van der Waals surface area contributed by atoms with Crippen molar-refractivity contribution in [2.75, 3.05) is 0 Å². The van der Waals surface area contributed by atoms with Gasteiger partial charge in [-0.15, -0.1) is 0 Å². The fraction of sp³-hybridized carbons (Fsp3) is 0.333. The summed E-state index contributed by atoms with van der Waals surface area (Å²) in [6, 6.07) is 6.07. The van der Waals surface area contributed by atoms with Gasteiger partial charge in [-0.05, 0) is 26.3 Å². The fourth-order valence-electron chi connectivity index (χ4n) is 1.23. The van der Waals surface area contributed by atoms with E-state index in [0.29, 0.717) is 0 Å². The summed E-state index contributed by atoms with van der Waals surface area (Å²) in [4.78, 5) is 0. The lowest BCUT2D eigenvalue weighted by Crippen LogP contribution is -2.07. The second-order valence-electron chi connectivity index (χ2n) is 3.36. The molecule has 0 saturated heterocycles.